The van der Waals surface area contributed by atoms with Crippen molar-refractivity contribution in [3.63, 3.8) is 0 Å². The summed E-state index contributed by atoms with van der Waals surface area (Å²) in [7, 11) is 0.979. The minimum absolute atomic E-state index is 0.918. The van der Waals surface area contributed by atoms with Crippen LogP contribution in [-0.4, -0.2) is 51.3 Å². The molecule has 0 atom stereocenters. The van der Waals surface area contributed by atoms with Crippen LogP contribution in [0.15, 0.2) is 70.9 Å². The number of hydrazone groups is 2. The molecule has 2 aromatic carbocycles. The monoisotopic (exact) mass is 410 g/mol. The Morgan fingerprint density at radius 1 is 0.571 bits per heavy atom. The Labute approximate surface area is 172 Å². The Morgan fingerprint density at radius 3 is 1.11 bits per heavy atom. The molecule has 0 amide bonds. The van der Waals surface area contributed by atoms with Crippen LogP contribution in [-0.2, 0) is 0 Å². The van der Waals surface area contributed by atoms with Gasteiger partial charge in [-0.1, -0.05) is 99.9 Å². The van der Waals surface area contributed by atoms with E-state index in [4.69, 9.17) is 10.2 Å². The van der Waals surface area contributed by atoms with Gasteiger partial charge < -0.3 is 9.35 Å². The molecule has 0 saturated heterocycles. The summed E-state index contributed by atoms with van der Waals surface area (Å²) >= 11 is 0. The fraction of sp³-hybridized carbons (Fsp3) is 0.364. The summed E-state index contributed by atoms with van der Waals surface area (Å²) in [6, 6.07) is 20.8. The minimum Gasteiger partial charge on any atom is -0.327 e. The van der Waals surface area contributed by atoms with E-state index in [-0.39, 0.29) is 0 Å². The summed E-state index contributed by atoms with van der Waals surface area (Å²) in [5.74, 6) is 0. The molecule has 0 saturated carbocycles. The largest absolute Gasteiger partial charge is 0.327 e. The normalized spacial score (nSPS) is 13.4. The van der Waals surface area contributed by atoms with Gasteiger partial charge in [0.1, 0.15) is 11.4 Å². The van der Waals surface area contributed by atoms with Crippen LogP contribution in [0.25, 0.3) is 0 Å². The molecule has 0 spiro atoms. The third-order valence-electron chi connectivity index (χ3n) is 4.76. The van der Waals surface area contributed by atoms with Gasteiger partial charge in [-0.2, -0.15) is 10.2 Å². The lowest BCUT2D eigenvalue weighted by Crippen LogP contribution is -2.42. The molecule has 0 aliphatic carbocycles. The lowest BCUT2D eigenvalue weighted by Gasteiger charge is -2.30. The number of hydrogen-bond donors (Lipinski definition) is 0. The first-order chi connectivity index (χ1) is 13.0. The highest BCUT2D eigenvalue weighted by atomic mass is 28.3. The highest BCUT2D eigenvalue weighted by Gasteiger charge is 2.25. The van der Waals surface area contributed by atoms with Crippen LogP contribution in [0.2, 0.25) is 39.3 Å². The Bertz CT molecular complexity index is 748. The zero-order valence-corrected chi connectivity index (χ0v) is 20.6. The molecule has 0 aliphatic heterocycles. The van der Waals surface area contributed by atoms with Gasteiger partial charge in [-0.05, 0) is 0 Å². The summed E-state index contributed by atoms with van der Waals surface area (Å²) in [5.41, 5.74) is 4.00. The summed E-state index contributed by atoms with van der Waals surface area (Å²) in [6.07, 6.45) is 0. The molecule has 2 aromatic rings. The predicted molar refractivity (Wildman–Crippen MR) is 128 cm³/mol. The maximum absolute atomic E-state index is 5.10. The molecule has 0 aliphatic rings. The maximum atomic E-state index is 5.10. The number of benzene rings is 2. The van der Waals surface area contributed by atoms with Gasteiger partial charge in [0.15, 0.2) is 16.5 Å². The highest BCUT2D eigenvalue weighted by Crippen LogP contribution is 2.16. The first-order valence-electron chi connectivity index (χ1n) is 9.76. The smallest absolute Gasteiger partial charge is 0.169 e. The number of rotatable bonds is 7. The van der Waals surface area contributed by atoms with Gasteiger partial charge in [0.05, 0.1) is 0 Å². The highest BCUT2D eigenvalue weighted by molar-refractivity contribution is 6.74. The van der Waals surface area contributed by atoms with Crippen molar-refractivity contribution in [1.29, 1.82) is 0 Å². The zero-order valence-electron chi connectivity index (χ0n) is 18.6. The Balaban J connectivity index is 2.72. The van der Waals surface area contributed by atoms with Gasteiger partial charge in [-0.25, -0.2) is 0 Å². The summed E-state index contributed by atoms with van der Waals surface area (Å²) in [5, 5.41) is 10.2. The number of hydrogen-bond acceptors (Lipinski definition) is 4. The SMILES string of the molecule is CN(N=C(C(=NN(C)[Si](C)(C)C)c1ccccc1)c1ccccc1)[Si](C)(C)C. The molecule has 0 bridgehead atoms. The van der Waals surface area contributed by atoms with Crippen molar-refractivity contribution in [2.75, 3.05) is 14.1 Å². The van der Waals surface area contributed by atoms with Gasteiger partial charge in [-0.15, -0.1) is 0 Å². The average Bonchev–Trinajstić information content (AvgIpc) is 2.64. The average molecular weight is 411 g/mol. The fourth-order valence-electron chi connectivity index (χ4n) is 2.28. The van der Waals surface area contributed by atoms with Crippen LogP contribution in [0.5, 0.6) is 0 Å². The predicted octanol–water partition coefficient (Wildman–Crippen LogP) is 5.33. The topological polar surface area (TPSA) is 31.2 Å². The van der Waals surface area contributed by atoms with Crippen molar-refractivity contribution in [2.45, 2.75) is 39.3 Å². The van der Waals surface area contributed by atoms with E-state index in [0.29, 0.717) is 0 Å². The van der Waals surface area contributed by atoms with Crippen LogP contribution < -0.4 is 0 Å². The molecule has 150 valence electrons. The lowest BCUT2D eigenvalue weighted by molar-refractivity contribution is 0.544. The van der Waals surface area contributed by atoms with Crippen LogP contribution in [0.3, 0.4) is 0 Å². The molecular formula is C22H34N4Si2. The molecule has 0 aromatic heterocycles. The van der Waals surface area contributed by atoms with Crippen LogP contribution >= 0.6 is 0 Å². The van der Waals surface area contributed by atoms with Gasteiger partial charge >= 0.3 is 0 Å². The van der Waals surface area contributed by atoms with Crippen molar-refractivity contribution in [2.24, 2.45) is 10.2 Å². The summed E-state index contributed by atoms with van der Waals surface area (Å²) < 4.78 is 4.31. The van der Waals surface area contributed by atoms with E-state index in [1.54, 1.807) is 0 Å². The Morgan fingerprint density at radius 2 is 0.857 bits per heavy atom. The second kappa shape index (κ2) is 8.88. The van der Waals surface area contributed by atoms with Crippen molar-refractivity contribution < 1.29 is 0 Å². The Hall–Kier alpha value is -2.19. The molecular weight excluding hydrogens is 376 g/mol. The number of nitrogens with zero attached hydrogens (tertiary/aromatic N) is 4. The lowest BCUT2D eigenvalue weighted by atomic mass is 10.00. The zero-order chi connectivity index (χ0) is 20.9. The van der Waals surface area contributed by atoms with Crippen LogP contribution in [0.1, 0.15) is 11.1 Å². The standard InChI is InChI=1S/C22H34N4Si2/c1-25(27(3,4)5)23-21(19-15-11-9-12-16-19)22(20-17-13-10-14-18-20)24-26(2)28(6,7)8/h9-18H,1-8H3. The van der Waals surface area contributed by atoms with E-state index < -0.39 is 16.5 Å². The molecule has 28 heavy (non-hydrogen) atoms. The molecule has 4 nitrogen and oxygen atoms in total. The summed E-state index contributed by atoms with van der Waals surface area (Å²) in [4.78, 5) is 0. The quantitative estimate of drug-likeness (QED) is 0.351. The van der Waals surface area contributed by atoms with Gasteiger partial charge in [-0.3, -0.25) is 0 Å². The van der Waals surface area contributed by atoms with E-state index in [1.165, 1.54) is 0 Å². The first-order valence-corrected chi connectivity index (χ1v) is 16.7. The third-order valence-corrected chi connectivity index (χ3v) is 8.84. The molecule has 0 unspecified atom stereocenters. The molecule has 0 heterocycles. The van der Waals surface area contributed by atoms with E-state index in [0.717, 1.165) is 22.6 Å². The van der Waals surface area contributed by atoms with E-state index in [1.807, 2.05) is 12.1 Å². The van der Waals surface area contributed by atoms with E-state index in [9.17, 15) is 0 Å². The van der Waals surface area contributed by atoms with Crippen LogP contribution in [0, 0.1) is 0 Å². The van der Waals surface area contributed by atoms with Gasteiger partial charge in [0.25, 0.3) is 0 Å². The van der Waals surface area contributed by atoms with Crippen LogP contribution in [0.4, 0.5) is 0 Å². The third kappa shape index (κ3) is 5.91. The van der Waals surface area contributed by atoms with Crippen molar-refractivity contribution in [3.8, 4) is 0 Å². The minimum atomic E-state index is -1.59. The molecule has 2 rings (SSSR count). The van der Waals surface area contributed by atoms with Gasteiger partial charge in [0.2, 0.25) is 0 Å². The van der Waals surface area contributed by atoms with E-state index in [2.05, 4.69) is 111 Å². The van der Waals surface area contributed by atoms with Crippen molar-refractivity contribution in [3.05, 3.63) is 71.8 Å². The van der Waals surface area contributed by atoms with Crippen molar-refractivity contribution in [1.82, 2.24) is 9.35 Å². The molecule has 0 N–H and O–H groups in total. The first kappa shape index (κ1) is 22.1. The van der Waals surface area contributed by atoms with Crippen molar-refractivity contribution >= 4 is 27.9 Å². The molecule has 0 fully saturated rings. The van der Waals surface area contributed by atoms with E-state index >= 15 is 0 Å². The second-order valence-electron chi connectivity index (χ2n) is 9.02. The summed E-state index contributed by atoms with van der Waals surface area (Å²) in [6.45, 7) is 13.8. The molecule has 6 heteroatoms. The second-order valence-corrected chi connectivity index (χ2v) is 19.0. The Kier molecular flexibility index (Phi) is 7.01. The van der Waals surface area contributed by atoms with Gasteiger partial charge in [0, 0.05) is 25.2 Å². The molecule has 0 radical (unpaired) electrons. The fourth-order valence-corrected chi connectivity index (χ4v) is 3.08. The maximum Gasteiger partial charge on any atom is 0.169 e.